The molecule has 134 valence electrons. The van der Waals surface area contributed by atoms with Crippen molar-refractivity contribution in [3.63, 3.8) is 0 Å². The zero-order valence-corrected chi connectivity index (χ0v) is 15.0. The fourth-order valence-electron chi connectivity index (χ4n) is 3.20. The molecule has 0 aromatic carbocycles. The fraction of sp³-hybridized carbons (Fsp3) is 0.722. The van der Waals surface area contributed by atoms with Crippen molar-refractivity contribution >= 4 is 11.7 Å². The van der Waals surface area contributed by atoms with Crippen LogP contribution in [0.15, 0.2) is 17.2 Å². The Morgan fingerprint density at radius 1 is 1.42 bits per heavy atom. The van der Waals surface area contributed by atoms with E-state index in [2.05, 4.69) is 36.1 Å². The SMILES string of the molecule is CC(C)CCCC(C)NC(=O)C1CCCN(c2cc(=O)[nH]cn2)C1. The number of aromatic nitrogens is 2. The van der Waals surface area contributed by atoms with Crippen molar-refractivity contribution in [2.24, 2.45) is 11.8 Å². The van der Waals surface area contributed by atoms with Crippen molar-refractivity contribution in [2.75, 3.05) is 18.0 Å². The molecule has 0 saturated carbocycles. The van der Waals surface area contributed by atoms with Gasteiger partial charge in [-0.15, -0.1) is 0 Å². The van der Waals surface area contributed by atoms with E-state index >= 15 is 0 Å². The van der Waals surface area contributed by atoms with Gasteiger partial charge in [-0.2, -0.15) is 0 Å². The second-order valence-electron chi connectivity index (χ2n) is 7.29. The number of aromatic amines is 1. The molecule has 2 N–H and O–H groups in total. The fourth-order valence-corrected chi connectivity index (χ4v) is 3.20. The minimum Gasteiger partial charge on any atom is -0.356 e. The summed E-state index contributed by atoms with van der Waals surface area (Å²) in [6, 6.07) is 1.71. The summed E-state index contributed by atoms with van der Waals surface area (Å²) < 4.78 is 0. The molecule has 1 aromatic heterocycles. The summed E-state index contributed by atoms with van der Waals surface area (Å²) >= 11 is 0. The summed E-state index contributed by atoms with van der Waals surface area (Å²) in [6.07, 6.45) is 6.62. The van der Waals surface area contributed by atoms with Gasteiger partial charge in [0.15, 0.2) is 0 Å². The summed E-state index contributed by atoms with van der Waals surface area (Å²) in [5, 5.41) is 3.15. The molecule has 1 amide bonds. The molecule has 0 aliphatic carbocycles. The summed E-state index contributed by atoms with van der Waals surface area (Å²) in [6.45, 7) is 7.99. The Bertz CT molecular complexity index is 584. The predicted octanol–water partition coefficient (Wildman–Crippen LogP) is 2.32. The van der Waals surface area contributed by atoms with E-state index in [0.717, 1.165) is 32.2 Å². The molecule has 0 radical (unpaired) electrons. The molecule has 2 unspecified atom stereocenters. The molecule has 2 rings (SSSR count). The molecular formula is C18H30N4O2. The third-order valence-electron chi connectivity index (χ3n) is 4.59. The molecule has 6 heteroatoms. The van der Waals surface area contributed by atoms with Gasteiger partial charge in [0.05, 0.1) is 12.2 Å². The quantitative estimate of drug-likeness (QED) is 0.802. The zero-order chi connectivity index (χ0) is 17.5. The molecule has 1 fully saturated rings. The van der Waals surface area contributed by atoms with Crippen molar-refractivity contribution in [2.45, 2.75) is 58.9 Å². The Morgan fingerprint density at radius 2 is 2.21 bits per heavy atom. The van der Waals surface area contributed by atoms with Crippen LogP contribution in [0.4, 0.5) is 5.82 Å². The van der Waals surface area contributed by atoms with Gasteiger partial charge in [-0.05, 0) is 32.1 Å². The van der Waals surface area contributed by atoms with Crippen LogP contribution in [-0.2, 0) is 4.79 Å². The number of nitrogens with one attached hydrogen (secondary N) is 2. The normalized spacial score (nSPS) is 19.3. The van der Waals surface area contributed by atoms with Crippen LogP contribution >= 0.6 is 0 Å². The first-order chi connectivity index (χ1) is 11.5. The first-order valence-electron chi connectivity index (χ1n) is 9.05. The van der Waals surface area contributed by atoms with Crippen LogP contribution in [0, 0.1) is 11.8 Å². The standard InChI is InChI=1S/C18H30N4O2/c1-13(2)6-4-7-14(3)21-18(24)15-8-5-9-22(11-15)16-10-17(23)20-12-19-16/h10,12-15H,4-9,11H2,1-3H3,(H,21,24)(H,19,20,23). The van der Waals surface area contributed by atoms with Gasteiger partial charge in [0.25, 0.3) is 5.56 Å². The number of carbonyl (C=O) groups is 1. The van der Waals surface area contributed by atoms with Crippen molar-refractivity contribution in [1.29, 1.82) is 0 Å². The van der Waals surface area contributed by atoms with Gasteiger partial charge >= 0.3 is 0 Å². The number of hydrogen-bond donors (Lipinski definition) is 2. The van der Waals surface area contributed by atoms with E-state index in [1.54, 1.807) is 0 Å². The Kier molecular flexibility index (Phi) is 6.82. The molecule has 0 spiro atoms. The monoisotopic (exact) mass is 334 g/mol. The van der Waals surface area contributed by atoms with Gasteiger partial charge in [0.1, 0.15) is 5.82 Å². The average Bonchev–Trinajstić information content (AvgIpc) is 2.54. The molecule has 24 heavy (non-hydrogen) atoms. The van der Waals surface area contributed by atoms with Crippen LogP contribution in [0.25, 0.3) is 0 Å². The van der Waals surface area contributed by atoms with Gasteiger partial charge in [-0.1, -0.05) is 26.7 Å². The lowest BCUT2D eigenvalue weighted by Crippen LogP contribution is -2.45. The number of piperidine rings is 1. The van der Waals surface area contributed by atoms with Gasteiger partial charge < -0.3 is 15.2 Å². The second-order valence-corrected chi connectivity index (χ2v) is 7.29. The van der Waals surface area contributed by atoms with Crippen LogP contribution < -0.4 is 15.8 Å². The van der Waals surface area contributed by atoms with Crippen LogP contribution in [0.2, 0.25) is 0 Å². The van der Waals surface area contributed by atoms with Gasteiger partial charge in [-0.25, -0.2) is 4.98 Å². The number of H-pyrrole nitrogens is 1. The minimum atomic E-state index is -0.162. The average molecular weight is 334 g/mol. The van der Waals surface area contributed by atoms with E-state index in [-0.39, 0.29) is 23.4 Å². The number of amides is 1. The predicted molar refractivity (Wildman–Crippen MR) is 96.1 cm³/mol. The summed E-state index contributed by atoms with van der Waals surface area (Å²) in [5.74, 6) is 1.46. The highest BCUT2D eigenvalue weighted by Gasteiger charge is 2.27. The second kappa shape index (κ2) is 8.85. The highest BCUT2D eigenvalue weighted by molar-refractivity contribution is 5.79. The Morgan fingerprint density at radius 3 is 2.92 bits per heavy atom. The van der Waals surface area contributed by atoms with E-state index in [9.17, 15) is 9.59 Å². The Hall–Kier alpha value is -1.85. The molecule has 2 heterocycles. The first kappa shape index (κ1) is 18.5. The number of carbonyl (C=O) groups excluding carboxylic acids is 1. The lowest BCUT2D eigenvalue weighted by Gasteiger charge is -2.33. The van der Waals surface area contributed by atoms with Crippen molar-refractivity contribution in [3.8, 4) is 0 Å². The van der Waals surface area contributed by atoms with Gasteiger partial charge in [0, 0.05) is 25.2 Å². The van der Waals surface area contributed by atoms with Gasteiger partial charge in [-0.3, -0.25) is 9.59 Å². The highest BCUT2D eigenvalue weighted by atomic mass is 16.2. The number of hydrogen-bond acceptors (Lipinski definition) is 4. The minimum absolute atomic E-state index is 0.0348. The summed E-state index contributed by atoms with van der Waals surface area (Å²) in [7, 11) is 0. The van der Waals surface area contributed by atoms with Crippen LogP contribution in [0.5, 0.6) is 0 Å². The molecule has 6 nitrogen and oxygen atoms in total. The lowest BCUT2D eigenvalue weighted by molar-refractivity contribution is -0.125. The maximum Gasteiger partial charge on any atom is 0.252 e. The number of nitrogens with zero attached hydrogens (tertiary/aromatic N) is 2. The Labute approximate surface area is 144 Å². The lowest BCUT2D eigenvalue weighted by atomic mass is 9.96. The molecule has 1 saturated heterocycles. The summed E-state index contributed by atoms with van der Waals surface area (Å²) in [5.41, 5.74) is -0.162. The zero-order valence-electron chi connectivity index (χ0n) is 15.0. The maximum absolute atomic E-state index is 12.5. The van der Waals surface area contributed by atoms with Crippen LogP contribution in [0.3, 0.4) is 0 Å². The van der Waals surface area contributed by atoms with Crippen LogP contribution in [0.1, 0.15) is 52.9 Å². The van der Waals surface area contributed by atoms with Crippen LogP contribution in [-0.4, -0.2) is 35.0 Å². The maximum atomic E-state index is 12.5. The molecule has 2 atom stereocenters. The van der Waals surface area contributed by atoms with E-state index < -0.39 is 0 Å². The Balaban J connectivity index is 1.85. The molecule has 1 aliphatic rings. The van der Waals surface area contributed by atoms with Crippen molar-refractivity contribution in [3.05, 3.63) is 22.7 Å². The van der Waals surface area contributed by atoms with E-state index in [4.69, 9.17) is 0 Å². The van der Waals surface area contributed by atoms with Crippen molar-refractivity contribution in [1.82, 2.24) is 15.3 Å². The molecule has 1 aliphatic heterocycles. The number of anilines is 1. The van der Waals surface area contributed by atoms with E-state index in [1.807, 2.05) is 4.90 Å². The van der Waals surface area contributed by atoms with E-state index in [0.29, 0.717) is 18.3 Å². The van der Waals surface area contributed by atoms with Gasteiger partial charge in [0.2, 0.25) is 5.91 Å². The smallest absolute Gasteiger partial charge is 0.252 e. The third-order valence-corrected chi connectivity index (χ3v) is 4.59. The first-order valence-corrected chi connectivity index (χ1v) is 9.05. The summed E-state index contributed by atoms with van der Waals surface area (Å²) in [4.78, 5) is 32.7. The molecule has 1 aromatic rings. The molecular weight excluding hydrogens is 304 g/mol. The number of rotatable bonds is 7. The topological polar surface area (TPSA) is 78.1 Å². The van der Waals surface area contributed by atoms with Crippen molar-refractivity contribution < 1.29 is 4.79 Å². The van der Waals surface area contributed by atoms with E-state index in [1.165, 1.54) is 18.8 Å². The highest BCUT2D eigenvalue weighted by Crippen LogP contribution is 2.21. The largest absolute Gasteiger partial charge is 0.356 e. The molecule has 0 bridgehead atoms. The third kappa shape index (κ3) is 5.65.